The fraction of sp³-hybridized carbons (Fsp3) is 0.250. The fourth-order valence-corrected chi connectivity index (χ4v) is 4.30. The minimum absolute atomic E-state index is 0.0404. The zero-order valence-corrected chi connectivity index (χ0v) is 15.2. The average molecular weight is 367 g/mol. The molecule has 4 rings (SSSR count). The van der Waals surface area contributed by atoms with Crippen LogP contribution in [-0.4, -0.2) is 26.7 Å². The molecule has 1 aliphatic rings. The quantitative estimate of drug-likeness (QED) is 0.706. The maximum Gasteiger partial charge on any atom is 0.240 e. The Kier molecular flexibility index (Phi) is 4.28. The Hall–Kier alpha value is -2.60. The van der Waals surface area contributed by atoms with Crippen LogP contribution in [0.25, 0.3) is 0 Å². The van der Waals surface area contributed by atoms with Gasteiger partial charge < -0.3 is 4.90 Å². The zero-order valence-electron chi connectivity index (χ0n) is 14.4. The Bertz CT molecular complexity index is 929. The molecule has 0 bridgehead atoms. The molecule has 132 valence electrons. The molecule has 0 spiro atoms. The summed E-state index contributed by atoms with van der Waals surface area (Å²) in [6.07, 6.45) is 2.02. The molecular weight excluding hydrogens is 349 g/mol. The number of likely N-dealkylation sites (tertiary alicyclic amines) is 1. The van der Waals surface area contributed by atoms with E-state index < -0.39 is 5.41 Å². The van der Waals surface area contributed by atoms with Crippen molar-refractivity contribution >= 4 is 17.4 Å². The molecule has 1 amide bonds. The van der Waals surface area contributed by atoms with E-state index in [4.69, 9.17) is 0 Å². The summed E-state index contributed by atoms with van der Waals surface area (Å²) in [6.45, 7) is 2.85. The van der Waals surface area contributed by atoms with Crippen LogP contribution >= 0.6 is 11.5 Å². The van der Waals surface area contributed by atoms with E-state index in [9.17, 15) is 9.18 Å². The van der Waals surface area contributed by atoms with Crippen molar-refractivity contribution in [2.45, 2.75) is 25.3 Å². The summed E-state index contributed by atoms with van der Waals surface area (Å²) in [7, 11) is 0. The van der Waals surface area contributed by atoms with Crippen LogP contribution in [0.5, 0.6) is 0 Å². The monoisotopic (exact) mass is 367 g/mol. The Morgan fingerprint density at radius 2 is 2.04 bits per heavy atom. The van der Waals surface area contributed by atoms with E-state index in [1.54, 1.807) is 13.0 Å². The van der Waals surface area contributed by atoms with Crippen LogP contribution in [0.4, 0.5) is 4.39 Å². The number of amides is 1. The zero-order chi connectivity index (χ0) is 18.1. The lowest BCUT2D eigenvalue weighted by Crippen LogP contribution is -2.38. The smallest absolute Gasteiger partial charge is 0.240 e. The number of halogens is 1. The van der Waals surface area contributed by atoms with Gasteiger partial charge in [0.25, 0.3) is 0 Å². The minimum Gasteiger partial charge on any atom is -0.337 e. The third-order valence-electron chi connectivity index (χ3n) is 5.02. The minimum atomic E-state index is -0.954. The summed E-state index contributed by atoms with van der Waals surface area (Å²) in [5.41, 5.74) is 1.33. The van der Waals surface area contributed by atoms with Crippen molar-refractivity contribution in [2.75, 3.05) is 6.54 Å². The Morgan fingerprint density at radius 3 is 2.73 bits per heavy atom. The number of aryl methyl sites for hydroxylation is 1. The first kappa shape index (κ1) is 16.8. The second-order valence-electron chi connectivity index (χ2n) is 6.58. The molecule has 0 N–H and O–H groups in total. The van der Waals surface area contributed by atoms with Crippen molar-refractivity contribution in [2.24, 2.45) is 0 Å². The Morgan fingerprint density at radius 1 is 1.23 bits per heavy atom. The summed E-state index contributed by atoms with van der Waals surface area (Å²) < 4.78 is 18.3. The van der Waals surface area contributed by atoms with E-state index in [1.807, 2.05) is 41.3 Å². The molecule has 3 aromatic rings. The molecular formula is C20H18FN3OS. The van der Waals surface area contributed by atoms with E-state index in [1.165, 1.54) is 23.9 Å². The van der Waals surface area contributed by atoms with Crippen molar-refractivity contribution in [3.05, 3.63) is 82.4 Å². The van der Waals surface area contributed by atoms with Crippen LogP contribution in [0.2, 0.25) is 0 Å². The van der Waals surface area contributed by atoms with Crippen molar-refractivity contribution in [3.8, 4) is 0 Å². The molecule has 2 heterocycles. The molecule has 2 aromatic carbocycles. The molecule has 1 unspecified atom stereocenters. The first-order valence-electron chi connectivity index (χ1n) is 8.48. The van der Waals surface area contributed by atoms with Gasteiger partial charge in [-0.25, -0.2) is 9.37 Å². The molecule has 1 aromatic heterocycles. The van der Waals surface area contributed by atoms with Gasteiger partial charge in [-0.05, 0) is 47.6 Å². The molecule has 0 aliphatic carbocycles. The molecule has 26 heavy (non-hydrogen) atoms. The van der Waals surface area contributed by atoms with Crippen molar-refractivity contribution in [1.82, 2.24) is 14.3 Å². The van der Waals surface area contributed by atoms with E-state index in [-0.39, 0.29) is 11.7 Å². The highest BCUT2D eigenvalue weighted by atomic mass is 32.1. The topological polar surface area (TPSA) is 46.1 Å². The van der Waals surface area contributed by atoms with Crippen LogP contribution in [0, 0.1) is 12.7 Å². The first-order chi connectivity index (χ1) is 12.6. The summed E-state index contributed by atoms with van der Waals surface area (Å²) in [4.78, 5) is 19.6. The molecule has 1 atom stereocenters. The van der Waals surface area contributed by atoms with Crippen molar-refractivity contribution < 1.29 is 9.18 Å². The molecule has 1 fully saturated rings. The predicted octanol–water partition coefficient (Wildman–Crippen LogP) is 3.70. The number of carbonyl (C=O) groups is 1. The van der Waals surface area contributed by atoms with Crippen LogP contribution in [0.15, 0.2) is 54.9 Å². The second-order valence-corrected chi connectivity index (χ2v) is 7.36. The van der Waals surface area contributed by atoms with Gasteiger partial charge in [0.15, 0.2) is 0 Å². The van der Waals surface area contributed by atoms with Gasteiger partial charge in [-0.2, -0.15) is 4.37 Å². The SMILES string of the molecule is Cc1ccc(C2(c3ncns3)CCN(Cc3ccccc3)C2=O)cc1F. The number of rotatable bonds is 4. The van der Waals surface area contributed by atoms with Crippen molar-refractivity contribution in [1.29, 1.82) is 0 Å². The van der Waals surface area contributed by atoms with Crippen molar-refractivity contribution in [3.63, 3.8) is 0 Å². The third-order valence-corrected chi connectivity index (χ3v) is 5.84. The van der Waals surface area contributed by atoms with Gasteiger partial charge >= 0.3 is 0 Å². The van der Waals surface area contributed by atoms with Gasteiger partial charge in [0.05, 0.1) is 0 Å². The van der Waals surface area contributed by atoms with E-state index in [0.717, 1.165) is 5.56 Å². The number of carbonyl (C=O) groups excluding carboxylic acids is 1. The number of nitrogens with zero attached hydrogens (tertiary/aromatic N) is 3. The van der Waals surface area contributed by atoms with Gasteiger partial charge in [-0.3, -0.25) is 4.79 Å². The molecule has 1 aliphatic heterocycles. The number of benzene rings is 2. The highest BCUT2D eigenvalue weighted by molar-refractivity contribution is 7.05. The van der Waals surface area contributed by atoms with Crippen LogP contribution < -0.4 is 0 Å². The number of hydrogen-bond donors (Lipinski definition) is 0. The Balaban J connectivity index is 1.75. The molecule has 6 heteroatoms. The molecule has 0 radical (unpaired) electrons. The summed E-state index contributed by atoms with van der Waals surface area (Å²) >= 11 is 1.20. The molecule has 4 nitrogen and oxygen atoms in total. The van der Waals surface area contributed by atoms with E-state index >= 15 is 0 Å². The van der Waals surface area contributed by atoms with Gasteiger partial charge in [0.2, 0.25) is 5.91 Å². The highest BCUT2D eigenvalue weighted by Crippen LogP contribution is 2.43. The van der Waals surface area contributed by atoms with Gasteiger partial charge in [0, 0.05) is 13.1 Å². The maximum absolute atomic E-state index is 14.3. The van der Waals surface area contributed by atoms with Crippen LogP contribution in [-0.2, 0) is 16.8 Å². The van der Waals surface area contributed by atoms with Gasteiger partial charge in [0.1, 0.15) is 22.6 Å². The largest absolute Gasteiger partial charge is 0.337 e. The summed E-state index contributed by atoms with van der Waals surface area (Å²) in [6, 6.07) is 14.9. The van der Waals surface area contributed by atoms with E-state index in [2.05, 4.69) is 9.36 Å². The standard InChI is InChI=1S/C20H18FN3OS/c1-14-7-8-16(11-17(14)21)20(18-22-13-23-26-18)9-10-24(19(20)25)12-15-5-3-2-4-6-15/h2-8,11,13H,9-10,12H2,1H3. The average Bonchev–Trinajstić information content (AvgIpc) is 3.29. The fourth-order valence-electron chi connectivity index (χ4n) is 3.54. The third kappa shape index (κ3) is 2.70. The second kappa shape index (κ2) is 6.61. The van der Waals surface area contributed by atoms with Gasteiger partial charge in [-0.1, -0.05) is 42.5 Å². The summed E-state index contributed by atoms with van der Waals surface area (Å²) in [5.74, 6) is -0.345. The highest BCUT2D eigenvalue weighted by Gasteiger charge is 2.51. The van der Waals surface area contributed by atoms with Gasteiger partial charge in [-0.15, -0.1) is 0 Å². The number of hydrogen-bond acceptors (Lipinski definition) is 4. The molecule has 0 saturated carbocycles. The first-order valence-corrected chi connectivity index (χ1v) is 9.26. The predicted molar refractivity (Wildman–Crippen MR) is 98.3 cm³/mol. The van der Waals surface area contributed by atoms with Crippen LogP contribution in [0.1, 0.15) is 28.1 Å². The van der Waals surface area contributed by atoms with E-state index in [0.29, 0.717) is 35.6 Å². The maximum atomic E-state index is 14.3. The summed E-state index contributed by atoms with van der Waals surface area (Å²) in [5, 5.41) is 0.626. The normalized spacial score (nSPS) is 19.9. The Labute approximate surface area is 155 Å². The molecule has 1 saturated heterocycles. The lowest BCUT2D eigenvalue weighted by Gasteiger charge is -2.26. The number of aromatic nitrogens is 2. The lowest BCUT2D eigenvalue weighted by atomic mass is 9.79. The lowest BCUT2D eigenvalue weighted by molar-refractivity contribution is -0.131. The van der Waals surface area contributed by atoms with Crippen LogP contribution in [0.3, 0.4) is 0 Å².